The fraction of sp³-hybridized carbons (Fsp3) is 0.667. The van der Waals surface area contributed by atoms with Crippen LogP contribution in [0, 0.1) is 0 Å². The third kappa shape index (κ3) is 10.8. The minimum absolute atomic E-state index is 0. The summed E-state index contributed by atoms with van der Waals surface area (Å²) < 4.78 is 0.539. The predicted molar refractivity (Wildman–Crippen MR) is 34.9 cm³/mol. The summed E-state index contributed by atoms with van der Waals surface area (Å²) in [5, 5.41) is 0. The van der Waals surface area contributed by atoms with Gasteiger partial charge in [-0.15, -0.1) is 0 Å². The van der Waals surface area contributed by atoms with E-state index in [-0.39, 0.29) is 17.1 Å². The zero-order valence-electron chi connectivity index (χ0n) is 3.98. The van der Waals surface area contributed by atoms with Crippen molar-refractivity contribution in [1.29, 1.82) is 0 Å². The first-order valence-corrected chi connectivity index (χ1v) is 3.09. The molecule has 0 rings (SSSR count). The van der Waals surface area contributed by atoms with Crippen LogP contribution in [0.4, 0.5) is 0 Å². The summed E-state index contributed by atoms with van der Waals surface area (Å²) in [7, 11) is 0. The molecule has 0 aromatic carbocycles. The first kappa shape index (κ1) is 10.7. The summed E-state index contributed by atoms with van der Waals surface area (Å²) in [5.74, 6) is 0.981. The van der Waals surface area contributed by atoms with Crippen LogP contribution in [0.15, 0.2) is 0 Å². The molecule has 0 spiro atoms. The van der Waals surface area contributed by atoms with Crippen LogP contribution in [0.5, 0.6) is 0 Å². The molecule has 0 heterocycles. The van der Waals surface area contributed by atoms with E-state index in [2.05, 4.69) is 12.2 Å². The van der Waals surface area contributed by atoms with Gasteiger partial charge in [0.1, 0.15) is 4.32 Å². The molecule has 0 saturated heterocycles. The molecule has 1 radical (unpaired) electrons. The summed E-state index contributed by atoms with van der Waals surface area (Å²) in [5.41, 5.74) is 5.10. The van der Waals surface area contributed by atoms with E-state index in [1.165, 1.54) is 11.8 Å². The van der Waals surface area contributed by atoms with Crippen LogP contribution in [0.3, 0.4) is 0 Å². The van der Waals surface area contributed by atoms with E-state index in [4.69, 9.17) is 5.73 Å². The number of thioether (sulfide) groups is 1. The van der Waals surface area contributed by atoms with E-state index < -0.39 is 0 Å². The summed E-state index contributed by atoms with van der Waals surface area (Å²) in [6.07, 6.45) is 0. The first-order valence-electron chi connectivity index (χ1n) is 1.69. The molecule has 0 amide bonds. The molecular formula is C3H7MnNS2. The second-order valence-corrected chi connectivity index (χ2v) is 2.76. The third-order valence-corrected chi connectivity index (χ3v) is 1.21. The Morgan fingerprint density at radius 2 is 2.29 bits per heavy atom. The van der Waals surface area contributed by atoms with Gasteiger partial charge in [0.05, 0.1) is 0 Å². The molecule has 1 nitrogen and oxygen atoms in total. The van der Waals surface area contributed by atoms with E-state index in [0.717, 1.165) is 5.75 Å². The second-order valence-electron chi connectivity index (χ2n) is 0.752. The van der Waals surface area contributed by atoms with Crippen LogP contribution >= 0.6 is 24.0 Å². The van der Waals surface area contributed by atoms with Gasteiger partial charge in [0, 0.05) is 17.1 Å². The Balaban J connectivity index is 0. The van der Waals surface area contributed by atoms with Crippen molar-refractivity contribution in [3.05, 3.63) is 0 Å². The molecule has 7 heavy (non-hydrogen) atoms. The summed E-state index contributed by atoms with van der Waals surface area (Å²) >= 11 is 6.03. The van der Waals surface area contributed by atoms with Crippen molar-refractivity contribution in [2.24, 2.45) is 5.73 Å². The van der Waals surface area contributed by atoms with E-state index >= 15 is 0 Å². The molecule has 0 bridgehead atoms. The first-order chi connectivity index (χ1) is 2.77. The summed E-state index contributed by atoms with van der Waals surface area (Å²) in [4.78, 5) is 0. The number of nitrogens with two attached hydrogens (primary N) is 1. The molecule has 0 aliphatic rings. The van der Waals surface area contributed by atoms with Gasteiger partial charge in [-0.05, 0) is 5.75 Å². The number of rotatable bonds is 1. The van der Waals surface area contributed by atoms with Crippen molar-refractivity contribution in [2.45, 2.75) is 6.92 Å². The molecule has 0 atom stereocenters. The molecule has 0 aliphatic heterocycles. The van der Waals surface area contributed by atoms with Crippen molar-refractivity contribution in [3.8, 4) is 0 Å². The van der Waals surface area contributed by atoms with Crippen LogP contribution in [0.1, 0.15) is 6.92 Å². The summed E-state index contributed by atoms with van der Waals surface area (Å²) in [6.45, 7) is 2.02. The van der Waals surface area contributed by atoms with E-state index in [1.54, 1.807) is 0 Å². The zero-order valence-corrected chi connectivity index (χ0v) is 6.79. The van der Waals surface area contributed by atoms with Gasteiger partial charge in [0.2, 0.25) is 0 Å². The van der Waals surface area contributed by atoms with Crippen LogP contribution in [-0.4, -0.2) is 10.1 Å². The number of hydrogen-bond donors (Lipinski definition) is 1. The van der Waals surface area contributed by atoms with E-state index in [1.807, 2.05) is 6.92 Å². The Labute approximate surface area is 63.9 Å². The van der Waals surface area contributed by atoms with Gasteiger partial charge in [-0.2, -0.15) is 0 Å². The molecule has 0 fully saturated rings. The van der Waals surface area contributed by atoms with Gasteiger partial charge < -0.3 is 5.73 Å². The molecule has 0 unspecified atom stereocenters. The normalized spacial score (nSPS) is 7.00. The SMILES string of the molecule is CCSC(N)=S.[Mn]. The maximum Gasteiger partial charge on any atom is 0.131 e. The molecule has 0 saturated carbocycles. The number of thiocarbonyl (C=S) groups is 1. The van der Waals surface area contributed by atoms with Crippen LogP contribution in [0.25, 0.3) is 0 Å². The Morgan fingerprint density at radius 1 is 1.86 bits per heavy atom. The van der Waals surface area contributed by atoms with Crippen molar-refractivity contribution in [2.75, 3.05) is 5.75 Å². The van der Waals surface area contributed by atoms with Crippen LogP contribution < -0.4 is 5.73 Å². The van der Waals surface area contributed by atoms with Crippen molar-refractivity contribution in [1.82, 2.24) is 0 Å². The van der Waals surface area contributed by atoms with Crippen LogP contribution in [0.2, 0.25) is 0 Å². The Hall–Kier alpha value is 0.759. The standard InChI is InChI=1S/C3H7NS2.Mn/c1-2-6-3(4)5;/h2H2,1H3,(H2,4,5);. The third-order valence-electron chi connectivity index (χ3n) is 0.287. The van der Waals surface area contributed by atoms with Gasteiger partial charge in [-0.25, -0.2) is 0 Å². The van der Waals surface area contributed by atoms with Crippen molar-refractivity contribution >= 4 is 28.3 Å². The fourth-order valence-electron chi connectivity index (χ4n) is 0.142. The molecule has 43 valence electrons. The number of hydrogen-bond acceptors (Lipinski definition) is 2. The maximum absolute atomic E-state index is 5.10. The smallest absolute Gasteiger partial charge is 0.131 e. The molecule has 0 aromatic rings. The fourth-order valence-corrected chi connectivity index (χ4v) is 0.780. The van der Waals surface area contributed by atoms with Gasteiger partial charge in [0.15, 0.2) is 0 Å². The molecule has 4 heteroatoms. The quantitative estimate of drug-likeness (QED) is 0.476. The zero-order chi connectivity index (χ0) is 4.99. The predicted octanol–water partition coefficient (Wildman–Crippen LogP) is 0.981. The second kappa shape index (κ2) is 6.76. The maximum atomic E-state index is 5.10. The molecule has 0 aliphatic carbocycles. The Bertz CT molecular complexity index is 56.9. The molecule has 0 aromatic heterocycles. The minimum Gasteiger partial charge on any atom is -0.385 e. The topological polar surface area (TPSA) is 26.0 Å². The minimum atomic E-state index is 0. The van der Waals surface area contributed by atoms with Crippen molar-refractivity contribution < 1.29 is 17.1 Å². The molecule has 2 N–H and O–H groups in total. The van der Waals surface area contributed by atoms with E-state index in [0.29, 0.717) is 4.32 Å². The van der Waals surface area contributed by atoms with Crippen LogP contribution in [-0.2, 0) is 17.1 Å². The molecular weight excluding hydrogens is 169 g/mol. The summed E-state index contributed by atoms with van der Waals surface area (Å²) in [6, 6.07) is 0. The average molecular weight is 176 g/mol. The van der Waals surface area contributed by atoms with Gasteiger partial charge >= 0.3 is 0 Å². The van der Waals surface area contributed by atoms with Gasteiger partial charge in [-0.3, -0.25) is 0 Å². The van der Waals surface area contributed by atoms with Gasteiger partial charge in [-0.1, -0.05) is 30.9 Å². The average Bonchev–Trinajstić information content (AvgIpc) is 1.35. The Kier molecular flexibility index (Phi) is 10.3. The van der Waals surface area contributed by atoms with E-state index in [9.17, 15) is 0 Å². The largest absolute Gasteiger partial charge is 0.385 e. The monoisotopic (exact) mass is 176 g/mol. The van der Waals surface area contributed by atoms with Crippen molar-refractivity contribution in [3.63, 3.8) is 0 Å². The Morgan fingerprint density at radius 3 is 2.29 bits per heavy atom. The van der Waals surface area contributed by atoms with Gasteiger partial charge in [0.25, 0.3) is 0 Å².